The number of ketones is 1. The number of allylic oxidation sites excluding steroid dienone is 1. The third kappa shape index (κ3) is 3.26. The Morgan fingerprint density at radius 3 is 2.18 bits per heavy atom. The van der Waals surface area contributed by atoms with Crippen molar-refractivity contribution in [2.75, 3.05) is 0 Å². The van der Waals surface area contributed by atoms with Crippen LogP contribution in [0.3, 0.4) is 0 Å². The molecular weight excluding hydrogens is 447 g/mol. The monoisotopic (exact) mass is 492 g/mol. The topological polar surface area (TPSA) is 57.2 Å². The standard InChI is InChI=1S/C30H46O3.K/c1-18(2)19-10-15-30(25(32)33)17-16-28(6)20(24(19)30)8-9-22-27(5)13-12-23(31)26(3,4)21(27)11-14-29(22,28)7;/h19-22,24H,1,8-17H2,2-7H3,(H,32,33);/q;+1/p-1/t19-,20+,21?,22+,24?,27-,28+,29+,30-;/m0./s1. The molecule has 5 saturated carbocycles. The van der Waals surface area contributed by atoms with E-state index in [-0.39, 0.29) is 79.0 Å². The van der Waals surface area contributed by atoms with Crippen LogP contribution in [0.4, 0.5) is 0 Å². The Kier molecular flexibility index (Phi) is 6.90. The molecule has 0 amide bonds. The number of rotatable bonds is 2. The first-order chi connectivity index (χ1) is 15.3. The number of carboxylic acids is 1. The number of carbonyl (C=O) groups excluding carboxylic acids is 2. The molecular formula is C30H45KO3. The fraction of sp³-hybridized carbons (Fsp3) is 0.867. The summed E-state index contributed by atoms with van der Waals surface area (Å²) in [5.74, 6) is 1.64. The largest absolute Gasteiger partial charge is 1.00 e. The van der Waals surface area contributed by atoms with Crippen LogP contribution >= 0.6 is 0 Å². The second-order valence-corrected chi connectivity index (χ2v) is 14.3. The van der Waals surface area contributed by atoms with Gasteiger partial charge in [-0.3, -0.25) is 4.79 Å². The van der Waals surface area contributed by atoms with Crippen LogP contribution in [0, 0.1) is 56.7 Å². The van der Waals surface area contributed by atoms with Crippen molar-refractivity contribution in [2.45, 2.75) is 106 Å². The molecule has 5 fully saturated rings. The van der Waals surface area contributed by atoms with Crippen molar-refractivity contribution in [3.05, 3.63) is 12.2 Å². The Morgan fingerprint density at radius 1 is 0.882 bits per heavy atom. The van der Waals surface area contributed by atoms with E-state index in [1.807, 2.05) is 0 Å². The first kappa shape index (κ1) is 27.5. The molecule has 0 aliphatic heterocycles. The average molecular weight is 493 g/mol. The van der Waals surface area contributed by atoms with E-state index >= 15 is 0 Å². The van der Waals surface area contributed by atoms with Crippen molar-refractivity contribution in [3.8, 4) is 0 Å². The zero-order chi connectivity index (χ0) is 24.2. The molecule has 0 aromatic heterocycles. The average Bonchev–Trinajstić information content (AvgIpc) is 3.13. The molecule has 5 aliphatic carbocycles. The van der Waals surface area contributed by atoms with E-state index in [0.29, 0.717) is 29.5 Å². The molecule has 9 atom stereocenters. The Hall–Kier alpha value is 0.516. The molecule has 184 valence electrons. The fourth-order valence-electron chi connectivity index (χ4n) is 11.3. The van der Waals surface area contributed by atoms with Crippen LogP contribution in [0.2, 0.25) is 0 Å². The molecule has 2 unspecified atom stereocenters. The van der Waals surface area contributed by atoms with Crippen LogP contribution in [-0.2, 0) is 9.59 Å². The maximum Gasteiger partial charge on any atom is 1.00 e. The molecule has 0 aromatic carbocycles. The first-order valence-corrected chi connectivity index (χ1v) is 13.7. The molecule has 0 N–H and O–H groups in total. The zero-order valence-electron chi connectivity index (χ0n) is 22.9. The van der Waals surface area contributed by atoms with Gasteiger partial charge in [-0.15, -0.1) is 0 Å². The molecule has 4 heteroatoms. The minimum absolute atomic E-state index is 0. The summed E-state index contributed by atoms with van der Waals surface area (Å²) in [5, 5.41) is 12.6. The summed E-state index contributed by atoms with van der Waals surface area (Å²) in [4.78, 5) is 25.5. The maximum atomic E-state index is 12.9. The van der Waals surface area contributed by atoms with Crippen molar-refractivity contribution in [1.29, 1.82) is 0 Å². The van der Waals surface area contributed by atoms with Crippen LogP contribution < -0.4 is 56.5 Å². The Labute approximate surface area is 250 Å². The van der Waals surface area contributed by atoms with Crippen LogP contribution in [0.25, 0.3) is 0 Å². The van der Waals surface area contributed by atoms with E-state index in [1.165, 1.54) is 18.4 Å². The Morgan fingerprint density at radius 2 is 1.56 bits per heavy atom. The van der Waals surface area contributed by atoms with Gasteiger partial charge in [-0.1, -0.05) is 46.8 Å². The van der Waals surface area contributed by atoms with E-state index < -0.39 is 11.4 Å². The first-order valence-electron chi connectivity index (χ1n) is 13.7. The van der Waals surface area contributed by atoms with Gasteiger partial charge < -0.3 is 9.90 Å². The van der Waals surface area contributed by atoms with Crippen LogP contribution in [0.15, 0.2) is 12.2 Å². The summed E-state index contributed by atoms with van der Waals surface area (Å²) < 4.78 is 0. The molecule has 3 nitrogen and oxygen atoms in total. The van der Waals surface area contributed by atoms with E-state index in [9.17, 15) is 14.7 Å². The van der Waals surface area contributed by atoms with Crippen molar-refractivity contribution in [3.63, 3.8) is 0 Å². The third-order valence-electron chi connectivity index (χ3n) is 13.2. The quantitative estimate of drug-likeness (QED) is 0.440. The van der Waals surface area contributed by atoms with Crippen LogP contribution in [-0.4, -0.2) is 11.8 Å². The van der Waals surface area contributed by atoms with E-state index in [1.54, 1.807) is 0 Å². The van der Waals surface area contributed by atoms with Gasteiger partial charge in [0.1, 0.15) is 5.78 Å². The third-order valence-corrected chi connectivity index (χ3v) is 13.2. The van der Waals surface area contributed by atoms with E-state index in [2.05, 4.69) is 48.1 Å². The summed E-state index contributed by atoms with van der Waals surface area (Å²) in [6, 6.07) is 0. The number of carbonyl (C=O) groups is 2. The fourth-order valence-corrected chi connectivity index (χ4v) is 11.3. The maximum absolute atomic E-state index is 12.9. The van der Waals surface area contributed by atoms with Gasteiger partial charge in [0.05, 0.1) is 0 Å². The summed E-state index contributed by atoms with van der Waals surface area (Å²) in [6.45, 7) is 18.4. The molecule has 0 saturated heterocycles. The number of Topliss-reactive ketones (excluding diaryl/α,β-unsaturated/α-hetero) is 1. The number of aliphatic carboxylic acids is 1. The number of hydrogen-bond acceptors (Lipinski definition) is 3. The normalized spacial score (nSPS) is 51.2. The van der Waals surface area contributed by atoms with Crippen molar-refractivity contribution in [2.24, 2.45) is 56.7 Å². The SMILES string of the molecule is C=C(C)[C@@H]1CC[C@]2(C(=O)[O-])CC[C@]3(C)[C@H](CC[C@@H]4[C@@]5(C)CCC(=O)C(C)(C)C5CC[C@]43C)C12.[K+]. The van der Waals surface area contributed by atoms with E-state index in [0.717, 1.165) is 51.4 Å². The molecule has 0 bridgehead atoms. The number of carboxylic acid groups (broad SMARTS) is 1. The molecule has 5 aliphatic rings. The summed E-state index contributed by atoms with van der Waals surface area (Å²) in [5.41, 5.74) is 0.819. The van der Waals surface area contributed by atoms with Crippen molar-refractivity contribution in [1.82, 2.24) is 0 Å². The van der Waals surface area contributed by atoms with Crippen molar-refractivity contribution < 1.29 is 66.1 Å². The second kappa shape index (κ2) is 8.51. The van der Waals surface area contributed by atoms with Gasteiger partial charge in [-0.05, 0) is 111 Å². The van der Waals surface area contributed by atoms with Gasteiger partial charge in [0, 0.05) is 23.2 Å². The summed E-state index contributed by atoms with van der Waals surface area (Å²) >= 11 is 0. The molecule has 34 heavy (non-hydrogen) atoms. The molecule has 0 aromatic rings. The van der Waals surface area contributed by atoms with Gasteiger partial charge >= 0.3 is 51.4 Å². The van der Waals surface area contributed by atoms with Gasteiger partial charge in [-0.25, -0.2) is 0 Å². The predicted molar refractivity (Wildman–Crippen MR) is 129 cm³/mol. The number of hydrogen-bond donors (Lipinski definition) is 0. The molecule has 0 heterocycles. The predicted octanol–water partition coefficient (Wildman–Crippen LogP) is 2.97. The molecule has 0 spiro atoms. The van der Waals surface area contributed by atoms with E-state index in [4.69, 9.17) is 0 Å². The smallest absolute Gasteiger partial charge is 0.550 e. The zero-order valence-corrected chi connectivity index (χ0v) is 26.0. The minimum atomic E-state index is -0.797. The van der Waals surface area contributed by atoms with Crippen molar-refractivity contribution >= 4 is 11.8 Å². The van der Waals surface area contributed by atoms with Gasteiger partial charge in [-0.2, -0.15) is 0 Å². The molecule has 5 rings (SSSR count). The van der Waals surface area contributed by atoms with Gasteiger partial charge in [0.15, 0.2) is 0 Å². The van der Waals surface area contributed by atoms with Crippen LogP contribution in [0.1, 0.15) is 106 Å². The summed E-state index contributed by atoms with van der Waals surface area (Å²) in [7, 11) is 0. The van der Waals surface area contributed by atoms with Gasteiger partial charge in [0.25, 0.3) is 0 Å². The van der Waals surface area contributed by atoms with Gasteiger partial charge in [0.2, 0.25) is 0 Å². The summed E-state index contributed by atoms with van der Waals surface area (Å²) in [6.07, 6.45) is 9.84. The van der Waals surface area contributed by atoms with Crippen LogP contribution in [0.5, 0.6) is 0 Å². The second-order valence-electron chi connectivity index (χ2n) is 14.3. The minimum Gasteiger partial charge on any atom is -0.550 e. The Bertz CT molecular complexity index is 909. The number of fused-ring (bicyclic) bond motifs is 7. The molecule has 0 radical (unpaired) electrons. The Balaban J connectivity index is 0.00000274.